The molecule has 3 aromatic heterocycles. The van der Waals surface area contributed by atoms with Crippen LogP contribution in [-0.2, 0) is 0 Å². The van der Waals surface area contributed by atoms with Crippen molar-refractivity contribution in [3.05, 3.63) is 47.6 Å². The maximum absolute atomic E-state index is 13.6. The van der Waals surface area contributed by atoms with Gasteiger partial charge in [-0.2, -0.15) is 5.10 Å². The molecule has 0 amide bonds. The summed E-state index contributed by atoms with van der Waals surface area (Å²) in [6.45, 7) is 1.99. The number of nitrogens with two attached hydrogens (primary N) is 1. The Labute approximate surface area is 170 Å². The van der Waals surface area contributed by atoms with Crippen LogP contribution in [0.1, 0.15) is 18.9 Å². The zero-order valence-corrected chi connectivity index (χ0v) is 16.2. The molecule has 1 aliphatic rings. The molecule has 4 aromatic rings. The van der Waals surface area contributed by atoms with Gasteiger partial charge in [0.25, 0.3) is 0 Å². The van der Waals surface area contributed by atoms with E-state index < -0.39 is 5.82 Å². The molecule has 1 saturated heterocycles. The van der Waals surface area contributed by atoms with Gasteiger partial charge in [0.1, 0.15) is 17.2 Å². The third-order valence-corrected chi connectivity index (χ3v) is 5.46. The topological polar surface area (TPSA) is 94.8 Å². The highest BCUT2D eigenvalue weighted by molar-refractivity contribution is 6.34. The molecule has 7 nitrogen and oxygen atoms in total. The number of fused-ring (bicyclic) bond motifs is 1. The highest BCUT2D eigenvalue weighted by atomic mass is 35.5. The Morgan fingerprint density at radius 3 is 2.83 bits per heavy atom. The number of nitrogen functional groups attached to an aromatic ring is 1. The average Bonchev–Trinajstić information content (AvgIpc) is 3.37. The van der Waals surface area contributed by atoms with Gasteiger partial charge in [0, 0.05) is 29.6 Å². The summed E-state index contributed by atoms with van der Waals surface area (Å²) in [4.78, 5) is 8.63. The number of halogens is 2. The molecule has 29 heavy (non-hydrogen) atoms. The van der Waals surface area contributed by atoms with Crippen LogP contribution in [0.5, 0.6) is 0 Å². The monoisotopic (exact) mass is 412 g/mol. The molecular formula is C20H18ClFN6O. The zero-order valence-electron chi connectivity index (χ0n) is 15.4. The van der Waals surface area contributed by atoms with Crippen LogP contribution in [0, 0.1) is 5.82 Å². The highest BCUT2D eigenvalue weighted by Gasteiger charge is 2.19. The van der Waals surface area contributed by atoms with Gasteiger partial charge in [-0.1, -0.05) is 11.6 Å². The smallest absolute Gasteiger partial charge is 0.231 e. The van der Waals surface area contributed by atoms with Crippen LogP contribution in [-0.4, -0.2) is 32.8 Å². The summed E-state index contributed by atoms with van der Waals surface area (Å²) in [5, 5.41) is 8.04. The van der Waals surface area contributed by atoms with Gasteiger partial charge in [-0.05, 0) is 38.1 Å². The molecule has 0 aliphatic carbocycles. The summed E-state index contributed by atoms with van der Waals surface area (Å²) in [7, 11) is 0. The van der Waals surface area contributed by atoms with Crippen LogP contribution in [0.25, 0.3) is 33.7 Å². The average molecular weight is 413 g/mol. The normalized spacial score (nSPS) is 15.2. The summed E-state index contributed by atoms with van der Waals surface area (Å²) in [5.41, 5.74) is 8.99. The molecule has 0 unspecified atom stereocenters. The number of oxazole rings is 1. The number of piperidine rings is 1. The number of benzene rings is 1. The van der Waals surface area contributed by atoms with E-state index in [0.717, 1.165) is 37.1 Å². The first-order valence-corrected chi connectivity index (χ1v) is 9.73. The zero-order chi connectivity index (χ0) is 20.0. The lowest BCUT2D eigenvalue weighted by atomic mass is 10.1. The Bertz CT molecular complexity index is 1200. The molecule has 5 rings (SSSR count). The first-order chi connectivity index (χ1) is 14.1. The standard InChI is InChI=1S/C20H18ClFN6O/c21-16-6-13(22)7-17-18(16)29-20(27-17)15-5-11(8-25-19(15)23)12-9-26-28(10-12)14-1-3-24-4-2-14/h5-10,14,24H,1-4H2,(H2,23,25). The molecule has 0 saturated carbocycles. The molecule has 0 bridgehead atoms. The Morgan fingerprint density at radius 2 is 2.00 bits per heavy atom. The Kier molecular flexibility index (Phi) is 4.44. The van der Waals surface area contributed by atoms with Gasteiger partial charge in [-0.15, -0.1) is 0 Å². The molecular weight excluding hydrogens is 395 g/mol. The molecule has 148 valence electrons. The highest BCUT2D eigenvalue weighted by Crippen LogP contribution is 2.34. The summed E-state index contributed by atoms with van der Waals surface area (Å²) in [6.07, 6.45) is 7.62. The van der Waals surface area contributed by atoms with Gasteiger partial charge in [0.2, 0.25) is 5.89 Å². The van der Waals surface area contributed by atoms with E-state index in [-0.39, 0.29) is 16.7 Å². The number of nitrogens with zero attached hydrogens (tertiary/aromatic N) is 4. The van der Waals surface area contributed by atoms with E-state index in [1.165, 1.54) is 12.1 Å². The minimum Gasteiger partial charge on any atom is -0.434 e. The first kappa shape index (κ1) is 18.1. The summed E-state index contributed by atoms with van der Waals surface area (Å²) in [6, 6.07) is 4.69. The second-order valence-corrected chi connectivity index (χ2v) is 7.51. The third-order valence-electron chi connectivity index (χ3n) is 5.18. The van der Waals surface area contributed by atoms with Crippen molar-refractivity contribution in [2.24, 2.45) is 0 Å². The molecule has 0 spiro atoms. The van der Waals surface area contributed by atoms with E-state index in [0.29, 0.717) is 22.7 Å². The van der Waals surface area contributed by atoms with E-state index in [4.69, 9.17) is 21.8 Å². The predicted molar refractivity (Wildman–Crippen MR) is 109 cm³/mol. The predicted octanol–water partition coefficient (Wildman–Crippen LogP) is 4.05. The van der Waals surface area contributed by atoms with Gasteiger partial charge in [0.05, 0.1) is 22.8 Å². The molecule has 3 N–H and O–H groups in total. The van der Waals surface area contributed by atoms with E-state index in [1.54, 1.807) is 6.20 Å². The number of nitrogens with one attached hydrogen (secondary N) is 1. The van der Waals surface area contributed by atoms with Crippen molar-refractivity contribution in [2.45, 2.75) is 18.9 Å². The maximum Gasteiger partial charge on any atom is 0.231 e. The molecule has 4 heterocycles. The third kappa shape index (κ3) is 3.34. The van der Waals surface area contributed by atoms with Crippen LogP contribution in [0.4, 0.5) is 10.2 Å². The second-order valence-electron chi connectivity index (χ2n) is 7.10. The van der Waals surface area contributed by atoms with Gasteiger partial charge in [-0.25, -0.2) is 14.4 Å². The fourth-order valence-electron chi connectivity index (χ4n) is 3.64. The lowest BCUT2D eigenvalue weighted by Gasteiger charge is -2.22. The van der Waals surface area contributed by atoms with Gasteiger partial charge in [0.15, 0.2) is 5.58 Å². The van der Waals surface area contributed by atoms with Crippen LogP contribution < -0.4 is 11.1 Å². The lowest BCUT2D eigenvalue weighted by Crippen LogP contribution is -2.29. The van der Waals surface area contributed by atoms with Crippen molar-refractivity contribution >= 4 is 28.5 Å². The van der Waals surface area contributed by atoms with E-state index >= 15 is 0 Å². The number of hydrogen-bond acceptors (Lipinski definition) is 6. The summed E-state index contributed by atoms with van der Waals surface area (Å²) < 4.78 is 21.4. The van der Waals surface area contributed by atoms with Gasteiger partial charge >= 0.3 is 0 Å². The largest absolute Gasteiger partial charge is 0.434 e. The fourth-order valence-corrected chi connectivity index (χ4v) is 3.88. The van der Waals surface area contributed by atoms with Crippen molar-refractivity contribution < 1.29 is 8.81 Å². The first-order valence-electron chi connectivity index (χ1n) is 9.35. The van der Waals surface area contributed by atoms with Gasteiger partial charge in [-0.3, -0.25) is 4.68 Å². The Balaban J connectivity index is 1.52. The molecule has 0 atom stereocenters. The van der Waals surface area contributed by atoms with E-state index in [2.05, 4.69) is 20.4 Å². The summed E-state index contributed by atoms with van der Waals surface area (Å²) >= 11 is 6.07. The number of rotatable bonds is 3. The number of hydrogen-bond donors (Lipinski definition) is 2. The van der Waals surface area contributed by atoms with Crippen LogP contribution in [0.15, 0.2) is 41.2 Å². The van der Waals surface area contributed by atoms with Crippen molar-refractivity contribution in [2.75, 3.05) is 18.8 Å². The lowest BCUT2D eigenvalue weighted by molar-refractivity contribution is 0.343. The Morgan fingerprint density at radius 1 is 1.17 bits per heavy atom. The number of aromatic nitrogens is 4. The quantitative estimate of drug-likeness (QED) is 0.527. The van der Waals surface area contributed by atoms with Crippen LogP contribution in [0.3, 0.4) is 0 Å². The SMILES string of the molecule is Nc1ncc(-c2cnn(C3CCNCC3)c2)cc1-c1nc2cc(F)cc(Cl)c2o1. The molecule has 1 aliphatic heterocycles. The van der Waals surface area contributed by atoms with Crippen LogP contribution >= 0.6 is 11.6 Å². The van der Waals surface area contributed by atoms with Crippen LogP contribution in [0.2, 0.25) is 5.02 Å². The molecule has 9 heteroatoms. The molecule has 0 radical (unpaired) electrons. The van der Waals surface area contributed by atoms with Crippen molar-refractivity contribution in [3.63, 3.8) is 0 Å². The van der Waals surface area contributed by atoms with E-state index in [1.807, 2.05) is 23.1 Å². The number of pyridine rings is 1. The van der Waals surface area contributed by atoms with Crippen molar-refractivity contribution in [3.8, 4) is 22.6 Å². The number of anilines is 1. The maximum atomic E-state index is 13.6. The van der Waals surface area contributed by atoms with Crippen molar-refractivity contribution in [1.29, 1.82) is 0 Å². The Hall–Kier alpha value is -2.97. The second kappa shape index (κ2) is 7.13. The van der Waals surface area contributed by atoms with Crippen molar-refractivity contribution in [1.82, 2.24) is 25.1 Å². The summed E-state index contributed by atoms with van der Waals surface area (Å²) in [5.74, 6) is 0.0280. The minimum absolute atomic E-state index is 0.157. The molecule has 1 aromatic carbocycles. The minimum atomic E-state index is -0.479. The van der Waals surface area contributed by atoms with E-state index in [9.17, 15) is 4.39 Å². The fraction of sp³-hybridized carbons (Fsp3) is 0.250. The van der Waals surface area contributed by atoms with Gasteiger partial charge < -0.3 is 15.5 Å². The molecule has 1 fully saturated rings.